The summed E-state index contributed by atoms with van der Waals surface area (Å²) < 4.78 is 21.6. The van der Waals surface area contributed by atoms with E-state index in [2.05, 4.69) is 29.4 Å². The van der Waals surface area contributed by atoms with Crippen LogP contribution in [0.3, 0.4) is 0 Å². The van der Waals surface area contributed by atoms with Crippen LogP contribution in [0.2, 0.25) is 0 Å². The number of hydrogen-bond acceptors (Lipinski definition) is 3. The monoisotopic (exact) mass is 417 g/mol. The van der Waals surface area contributed by atoms with Crippen LogP contribution in [0.25, 0.3) is 10.9 Å². The summed E-state index contributed by atoms with van der Waals surface area (Å²) in [5, 5.41) is 1.24. The van der Waals surface area contributed by atoms with Gasteiger partial charge < -0.3 is 14.2 Å². The SMILES string of the molecule is Cc1c(C)n(CC2CCCCO2)c2c(N(C)Cc3ccc(F)cc3)nccc12.Cl. The van der Waals surface area contributed by atoms with Gasteiger partial charge in [0.2, 0.25) is 0 Å². The quantitative estimate of drug-likeness (QED) is 0.555. The number of ether oxygens (including phenoxy) is 1. The summed E-state index contributed by atoms with van der Waals surface area (Å²) in [5.74, 6) is 0.744. The molecular formula is C23H29ClFN3O. The standard InChI is InChI=1S/C23H28FN3O.ClH/c1-16-17(2)27(15-20-6-4-5-13-28-20)22-21(16)11-12-25-23(22)26(3)14-18-7-9-19(24)10-8-18;/h7-12,20H,4-6,13-15H2,1-3H3;1H. The summed E-state index contributed by atoms with van der Waals surface area (Å²) in [4.78, 5) is 6.86. The lowest BCUT2D eigenvalue weighted by molar-refractivity contribution is 0.00641. The minimum atomic E-state index is -0.209. The molecule has 4 nitrogen and oxygen atoms in total. The molecule has 0 spiro atoms. The van der Waals surface area contributed by atoms with Crippen LogP contribution in [0.15, 0.2) is 36.5 Å². The van der Waals surface area contributed by atoms with Crippen LogP contribution in [0, 0.1) is 19.7 Å². The van der Waals surface area contributed by atoms with Gasteiger partial charge in [0.05, 0.1) is 11.6 Å². The minimum Gasteiger partial charge on any atom is -0.376 e. The summed E-state index contributed by atoms with van der Waals surface area (Å²) in [6.07, 6.45) is 5.65. The van der Waals surface area contributed by atoms with E-state index >= 15 is 0 Å². The summed E-state index contributed by atoms with van der Waals surface area (Å²) in [6.45, 7) is 6.76. The van der Waals surface area contributed by atoms with Gasteiger partial charge >= 0.3 is 0 Å². The molecule has 0 N–H and O–H groups in total. The second-order valence-corrected chi connectivity index (χ2v) is 7.82. The van der Waals surface area contributed by atoms with Crippen LogP contribution in [0.4, 0.5) is 10.2 Å². The molecule has 3 aromatic rings. The number of benzene rings is 1. The molecule has 1 aliphatic rings. The van der Waals surface area contributed by atoms with Gasteiger partial charge in [0, 0.05) is 44.0 Å². The Morgan fingerprint density at radius 3 is 2.62 bits per heavy atom. The second kappa shape index (κ2) is 9.14. The minimum absolute atomic E-state index is 0. The molecule has 1 atom stereocenters. The van der Waals surface area contributed by atoms with E-state index in [0.29, 0.717) is 6.54 Å². The Hall–Kier alpha value is -2.11. The molecule has 4 rings (SSSR count). The van der Waals surface area contributed by atoms with Crippen LogP contribution >= 0.6 is 12.4 Å². The molecule has 1 saturated heterocycles. The largest absolute Gasteiger partial charge is 0.376 e. The van der Waals surface area contributed by atoms with Gasteiger partial charge in [-0.3, -0.25) is 0 Å². The van der Waals surface area contributed by atoms with Gasteiger partial charge in [-0.05, 0) is 62.4 Å². The van der Waals surface area contributed by atoms with Crippen molar-refractivity contribution in [1.82, 2.24) is 9.55 Å². The molecule has 156 valence electrons. The van der Waals surface area contributed by atoms with E-state index < -0.39 is 0 Å². The predicted molar refractivity (Wildman–Crippen MR) is 119 cm³/mol. The predicted octanol–water partition coefficient (Wildman–Crippen LogP) is 5.42. The lowest BCUT2D eigenvalue weighted by Gasteiger charge is -2.25. The molecule has 1 aromatic carbocycles. The maximum atomic E-state index is 13.2. The normalized spacial score (nSPS) is 16.6. The number of fused-ring (bicyclic) bond motifs is 1. The zero-order valence-corrected chi connectivity index (χ0v) is 18.1. The molecule has 0 radical (unpaired) electrons. The highest BCUT2D eigenvalue weighted by molar-refractivity contribution is 5.93. The Balaban J connectivity index is 0.00000240. The zero-order valence-electron chi connectivity index (χ0n) is 17.3. The molecule has 0 aliphatic carbocycles. The van der Waals surface area contributed by atoms with Crippen LogP contribution in [-0.4, -0.2) is 29.3 Å². The molecule has 0 bridgehead atoms. The van der Waals surface area contributed by atoms with Crippen molar-refractivity contribution in [2.24, 2.45) is 0 Å². The molecule has 0 amide bonds. The Labute approximate surface area is 178 Å². The fourth-order valence-electron chi connectivity index (χ4n) is 4.18. The van der Waals surface area contributed by atoms with E-state index in [0.717, 1.165) is 42.9 Å². The summed E-state index contributed by atoms with van der Waals surface area (Å²) in [7, 11) is 2.05. The maximum absolute atomic E-state index is 13.2. The molecule has 1 fully saturated rings. The fourth-order valence-corrected chi connectivity index (χ4v) is 4.18. The van der Waals surface area contributed by atoms with E-state index in [9.17, 15) is 4.39 Å². The molecule has 29 heavy (non-hydrogen) atoms. The van der Waals surface area contributed by atoms with Gasteiger partial charge in [0.25, 0.3) is 0 Å². The Bertz CT molecular complexity index is 964. The first-order chi connectivity index (χ1) is 13.5. The molecule has 0 saturated carbocycles. The van der Waals surface area contributed by atoms with Crippen LogP contribution in [0.5, 0.6) is 0 Å². The number of anilines is 1. The summed E-state index contributed by atoms with van der Waals surface area (Å²) >= 11 is 0. The highest BCUT2D eigenvalue weighted by Gasteiger charge is 2.21. The second-order valence-electron chi connectivity index (χ2n) is 7.82. The average Bonchev–Trinajstić information content (AvgIpc) is 2.95. The first-order valence-corrected chi connectivity index (χ1v) is 10.1. The van der Waals surface area contributed by atoms with Crippen molar-refractivity contribution in [1.29, 1.82) is 0 Å². The van der Waals surface area contributed by atoms with Crippen molar-refractivity contribution in [2.75, 3.05) is 18.6 Å². The number of hydrogen-bond donors (Lipinski definition) is 0. The first kappa shape index (κ1) is 21.6. The lowest BCUT2D eigenvalue weighted by Crippen LogP contribution is -2.25. The van der Waals surface area contributed by atoms with Crippen LogP contribution in [-0.2, 0) is 17.8 Å². The number of halogens is 2. The molecule has 2 aromatic heterocycles. The van der Waals surface area contributed by atoms with Gasteiger partial charge in [-0.2, -0.15) is 0 Å². The van der Waals surface area contributed by atoms with Crippen molar-refractivity contribution in [3.63, 3.8) is 0 Å². The third-order valence-electron chi connectivity index (χ3n) is 5.88. The number of aromatic nitrogens is 2. The molecule has 1 unspecified atom stereocenters. The molecule has 3 heterocycles. The molecule has 6 heteroatoms. The van der Waals surface area contributed by atoms with E-state index in [1.165, 1.54) is 35.2 Å². The van der Waals surface area contributed by atoms with Crippen LogP contribution < -0.4 is 4.90 Å². The van der Waals surface area contributed by atoms with Crippen LogP contribution in [0.1, 0.15) is 36.1 Å². The van der Waals surface area contributed by atoms with Gasteiger partial charge in [-0.1, -0.05) is 12.1 Å². The van der Waals surface area contributed by atoms with Gasteiger partial charge in [-0.25, -0.2) is 9.37 Å². The number of aryl methyl sites for hydroxylation is 1. The topological polar surface area (TPSA) is 30.3 Å². The van der Waals surface area contributed by atoms with Gasteiger partial charge in [0.1, 0.15) is 5.82 Å². The van der Waals surface area contributed by atoms with Crippen molar-refractivity contribution in [2.45, 2.75) is 52.3 Å². The fraction of sp³-hybridized carbons (Fsp3) is 0.435. The van der Waals surface area contributed by atoms with Gasteiger partial charge in [0.15, 0.2) is 5.82 Å². The van der Waals surface area contributed by atoms with E-state index in [1.54, 1.807) is 0 Å². The third kappa shape index (κ3) is 4.41. The Kier molecular flexibility index (Phi) is 6.81. The van der Waals surface area contributed by atoms with Crippen molar-refractivity contribution in [3.05, 3.63) is 59.2 Å². The average molecular weight is 418 g/mol. The number of rotatable bonds is 5. The lowest BCUT2D eigenvalue weighted by atomic mass is 10.1. The summed E-state index contributed by atoms with van der Waals surface area (Å²) in [6, 6.07) is 8.78. The highest BCUT2D eigenvalue weighted by Crippen LogP contribution is 2.32. The molecule has 1 aliphatic heterocycles. The number of pyridine rings is 1. The summed E-state index contributed by atoms with van der Waals surface area (Å²) in [5.41, 5.74) is 4.79. The number of nitrogens with zero attached hydrogens (tertiary/aromatic N) is 3. The molecular weight excluding hydrogens is 389 g/mol. The van der Waals surface area contributed by atoms with Crippen molar-refractivity contribution in [3.8, 4) is 0 Å². The van der Waals surface area contributed by atoms with Crippen molar-refractivity contribution >= 4 is 29.1 Å². The zero-order chi connectivity index (χ0) is 19.7. The Morgan fingerprint density at radius 2 is 1.93 bits per heavy atom. The van der Waals surface area contributed by atoms with E-state index in [1.807, 2.05) is 25.4 Å². The highest BCUT2D eigenvalue weighted by atomic mass is 35.5. The van der Waals surface area contributed by atoms with E-state index in [-0.39, 0.29) is 24.3 Å². The van der Waals surface area contributed by atoms with Gasteiger partial charge in [-0.15, -0.1) is 12.4 Å². The third-order valence-corrected chi connectivity index (χ3v) is 5.88. The van der Waals surface area contributed by atoms with E-state index in [4.69, 9.17) is 9.72 Å². The smallest absolute Gasteiger partial charge is 0.153 e. The maximum Gasteiger partial charge on any atom is 0.153 e. The Morgan fingerprint density at radius 1 is 1.17 bits per heavy atom. The first-order valence-electron chi connectivity index (χ1n) is 10.1. The van der Waals surface area contributed by atoms with Crippen molar-refractivity contribution < 1.29 is 9.13 Å².